The first-order chi connectivity index (χ1) is 9.46. The molecule has 0 aliphatic carbocycles. The molecule has 0 atom stereocenters. The van der Waals surface area contributed by atoms with E-state index in [2.05, 4.69) is 44.0 Å². The minimum Gasteiger partial charge on any atom is -0.468 e. The molecule has 0 unspecified atom stereocenters. The largest absolute Gasteiger partial charge is 0.468 e. The summed E-state index contributed by atoms with van der Waals surface area (Å²) >= 11 is 0. The SMILES string of the molecule is CC(C)CNCc1ccoc1CN1CCC(C)(C)CC1. The van der Waals surface area contributed by atoms with Crippen molar-refractivity contribution in [1.29, 1.82) is 0 Å². The minimum absolute atomic E-state index is 0.515. The molecular formula is C17H30N2O. The van der Waals surface area contributed by atoms with Crippen LogP contribution in [0.15, 0.2) is 16.7 Å². The summed E-state index contributed by atoms with van der Waals surface area (Å²) in [6.07, 6.45) is 4.40. The van der Waals surface area contributed by atoms with Gasteiger partial charge >= 0.3 is 0 Å². The zero-order valence-corrected chi connectivity index (χ0v) is 13.5. The van der Waals surface area contributed by atoms with Crippen LogP contribution in [0.3, 0.4) is 0 Å². The predicted octanol–water partition coefficient (Wildman–Crippen LogP) is 3.65. The van der Waals surface area contributed by atoms with E-state index >= 15 is 0 Å². The van der Waals surface area contributed by atoms with Crippen LogP contribution in [0.2, 0.25) is 0 Å². The molecule has 1 saturated heterocycles. The van der Waals surface area contributed by atoms with Gasteiger partial charge in [-0.2, -0.15) is 0 Å². The number of furan rings is 1. The van der Waals surface area contributed by atoms with Crippen LogP contribution >= 0.6 is 0 Å². The summed E-state index contributed by atoms with van der Waals surface area (Å²) in [5.41, 5.74) is 1.83. The first-order valence-electron chi connectivity index (χ1n) is 7.94. The van der Waals surface area contributed by atoms with Crippen LogP contribution in [0.25, 0.3) is 0 Å². The first kappa shape index (κ1) is 15.6. The fourth-order valence-corrected chi connectivity index (χ4v) is 2.68. The Bertz CT molecular complexity index is 399. The normalized spacial score (nSPS) is 19.6. The van der Waals surface area contributed by atoms with Crippen LogP contribution in [0.4, 0.5) is 0 Å². The Morgan fingerprint density at radius 1 is 1.30 bits per heavy atom. The third-order valence-electron chi connectivity index (χ3n) is 4.28. The molecule has 3 nitrogen and oxygen atoms in total. The van der Waals surface area contributed by atoms with E-state index in [1.54, 1.807) is 0 Å². The average Bonchev–Trinajstić information content (AvgIpc) is 2.79. The smallest absolute Gasteiger partial charge is 0.122 e. The summed E-state index contributed by atoms with van der Waals surface area (Å²) in [6, 6.07) is 2.11. The van der Waals surface area contributed by atoms with Gasteiger partial charge in [-0.05, 0) is 49.9 Å². The first-order valence-corrected chi connectivity index (χ1v) is 7.94. The fraction of sp³-hybridized carbons (Fsp3) is 0.765. The van der Waals surface area contributed by atoms with Crippen LogP contribution < -0.4 is 5.32 Å². The minimum atomic E-state index is 0.515. The summed E-state index contributed by atoms with van der Waals surface area (Å²) in [6.45, 7) is 14.5. The van der Waals surface area contributed by atoms with Crippen LogP contribution in [0, 0.1) is 11.3 Å². The van der Waals surface area contributed by atoms with Gasteiger partial charge in [0.1, 0.15) is 5.76 Å². The molecular weight excluding hydrogens is 248 g/mol. The maximum atomic E-state index is 5.70. The van der Waals surface area contributed by atoms with Gasteiger partial charge in [0.25, 0.3) is 0 Å². The maximum Gasteiger partial charge on any atom is 0.122 e. The number of likely N-dealkylation sites (tertiary alicyclic amines) is 1. The standard InChI is InChI=1S/C17H30N2O/c1-14(2)11-18-12-15-5-10-20-16(15)13-19-8-6-17(3,4)7-9-19/h5,10,14,18H,6-9,11-13H2,1-4H3. The lowest BCUT2D eigenvalue weighted by Gasteiger charge is -2.36. The predicted molar refractivity (Wildman–Crippen MR) is 83.5 cm³/mol. The van der Waals surface area contributed by atoms with Crippen molar-refractivity contribution in [2.45, 2.75) is 53.6 Å². The molecule has 1 aromatic rings. The van der Waals surface area contributed by atoms with E-state index in [0.717, 1.165) is 25.4 Å². The van der Waals surface area contributed by atoms with Gasteiger partial charge in [0.2, 0.25) is 0 Å². The topological polar surface area (TPSA) is 28.4 Å². The number of nitrogens with zero attached hydrogens (tertiary/aromatic N) is 1. The molecule has 1 aliphatic rings. The molecule has 20 heavy (non-hydrogen) atoms. The molecule has 0 radical (unpaired) electrons. The zero-order valence-electron chi connectivity index (χ0n) is 13.5. The van der Waals surface area contributed by atoms with Crippen molar-refractivity contribution in [2.75, 3.05) is 19.6 Å². The number of piperidine rings is 1. The van der Waals surface area contributed by atoms with Crippen molar-refractivity contribution in [3.63, 3.8) is 0 Å². The number of hydrogen-bond acceptors (Lipinski definition) is 3. The molecule has 114 valence electrons. The van der Waals surface area contributed by atoms with Crippen LogP contribution in [-0.4, -0.2) is 24.5 Å². The molecule has 0 aromatic carbocycles. The van der Waals surface area contributed by atoms with E-state index in [1.807, 2.05) is 6.26 Å². The highest BCUT2D eigenvalue weighted by Crippen LogP contribution is 2.30. The van der Waals surface area contributed by atoms with E-state index < -0.39 is 0 Å². The summed E-state index contributed by atoms with van der Waals surface area (Å²) < 4.78 is 5.70. The molecule has 1 N–H and O–H groups in total. The van der Waals surface area contributed by atoms with Gasteiger partial charge < -0.3 is 9.73 Å². The number of nitrogens with one attached hydrogen (secondary N) is 1. The van der Waals surface area contributed by atoms with Gasteiger partial charge in [0.15, 0.2) is 0 Å². The molecule has 0 bridgehead atoms. The molecule has 2 heterocycles. The Hall–Kier alpha value is -0.800. The van der Waals surface area contributed by atoms with Gasteiger partial charge in [-0.25, -0.2) is 0 Å². The molecule has 0 saturated carbocycles. The van der Waals surface area contributed by atoms with Gasteiger partial charge in [-0.3, -0.25) is 4.90 Å². The molecule has 1 fully saturated rings. The summed E-state index contributed by atoms with van der Waals surface area (Å²) in [5, 5.41) is 3.50. The molecule has 2 rings (SSSR count). The summed E-state index contributed by atoms with van der Waals surface area (Å²) in [4.78, 5) is 2.52. The number of hydrogen-bond donors (Lipinski definition) is 1. The van der Waals surface area contributed by atoms with E-state index in [-0.39, 0.29) is 0 Å². The molecule has 1 aliphatic heterocycles. The molecule has 3 heteroatoms. The average molecular weight is 278 g/mol. The van der Waals surface area contributed by atoms with Crippen molar-refractivity contribution in [3.8, 4) is 0 Å². The van der Waals surface area contributed by atoms with E-state index in [0.29, 0.717) is 11.3 Å². The van der Waals surface area contributed by atoms with Crippen molar-refractivity contribution < 1.29 is 4.42 Å². The van der Waals surface area contributed by atoms with Gasteiger partial charge in [-0.1, -0.05) is 27.7 Å². The van der Waals surface area contributed by atoms with E-state index in [9.17, 15) is 0 Å². The lowest BCUT2D eigenvalue weighted by molar-refractivity contribution is 0.120. The van der Waals surface area contributed by atoms with Gasteiger partial charge in [0, 0.05) is 12.1 Å². The zero-order chi connectivity index (χ0) is 14.6. The molecule has 0 amide bonds. The van der Waals surface area contributed by atoms with Gasteiger partial charge in [0.05, 0.1) is 12.8 Å². The number of rotatable bonds is 6. The van der Waals surface area contributed by atoms with E-state index in [1.165, 1.54) is 31.5 Å². The Labute approximate surface area is 123 Å². The fourth-order valence-electron chi connectivity index (χ4n) is 2.68. The monoisotopic (exact) mass is 278 g/mol. The van der Waals surface area contributed by atoms with Crippen molar-refractivity contribution in [3.05, 3.63) is 23.7 Å². The second-order valence-electron chi connectivity index (χ2n) is 7.33. The summed E-state index contributed by atoms with van der Waals surface area (Å²) in [7, 11) is 0. The Morgan fingerprint density at radius 3 is 2.65 bits per heavy atom. The van der Waals surface area contributed by atoms with Gasteiger partial charge in [-0.15, -0.1) is 0 Å². The van der Waals surface area contributed by atoms with E-state index in [4.69, 9.17) is 4.42 Å². The molecule has 0 spiro atoms. The Kier molecular flexibility index (Phi) is 5.28. The lowest BCUT2D eigenvalue weighted by Crippen LogP contribution is -2.37. The Balaban J connectivity index is 1.83. The van der Waals surface area contributed by atoms with Crippen LogP contribution in [0.1, 0.15) is 51.9 Å². The van der Waals surface area contributed by atoms with Crippen molar-refractivity contribution >= 4 is 0 Å². The third kappa shape index (κ3) is 4.64. The second kappa shape index (κ2) is 6.77. The molecule has 1 aromatic heterocycles. The quantitative estimate of drug-likeness (QED) is 0.861. The maximum absolute atomic E-state index is 5.70. The van der Waals surface area contributed by atoms with Crippen LogP contribution in [-0.2, 0) is 13.1 Å². The highest BCUT2D eigenvalue weighted by Gasteiger charge is 2.26. The van der Waals surface area contributed by atoms with Crippen LogP contribution in [0.5, 0.6) is 0 Å². The Morgan fingerprint density at radius 2 is 2.00 bits per heavy atom. The lowest BCUT2D eigenvalue weighted by atomic mass is 9.82. The highest BCUT2D eigenvalue weighted by atomic mass is 16.3. The third-order valence-corrected chi connectivity index (χ3v) is 4.28. The van der Waals surface area contributed by atoms with Crippen molar-refractivity contribution in [2.24, 2.45) is 11.3 Å². The second-order valence-corrected chi connectivity index (χ2v) is 7.33. The highest BCUT2D eigenvalue weighted by molar-refractivity contribution is 5.17. The summed E-state index contributed by atoms with van der Waals surface area (Å²) in [5.74, 6) is 1.83. The van der Waals surface area contributed by atoms with Crippen molar-refractivity contribution in [1.82, 2.24) is 10.2 Å².